The molecule has 0 amide bonds. The molecule has 1 heterocycles. The number of nitrogens with zero attached hydrogens (tertiary/aromatic N) is 1. The van der Waals surface area contributed by atoms with Crippen LogP contribution in [0.1, 0.15) is 27.7 Å². The zero-order chi connectivity index (χ0) is 16.5. The quantitative estimate of drug-likeness (QED) is 0.301. The molecule has 2 rings (SSSR count). The SMILES string of the molecule is CCOC(=O)c1ccc(CNC(=NC)NCc2cccs2)cc1.I. The number of ether oxygens (including phenoxy) is 1. The van der Waals surface area contributed by atoms with E-state index in [2.05, 4.69) is 27.1 Å². The van der Waals surface area contributed by atoms with Crippen molar-refractivity contribution in [1.29, 1.82) is 0 Å². The molecule has 5 nitrogen and oxygen atoms in total. The summed E-state index contributed by atoms with van der Waals surface area (Å²) >= 11 is 1.71. The van der Waals surface area contributed by atoms with Crippen molar-refractivity contribution in [3.8, 4) is 0 Å². The van der Waals surface area contributed by atoms with Crippen molar-refractivity contribution < 1.29 is 9.53 Å². The minimum Gasteiger partial charge on any atom is -0.462 e. The first-order valence-corrected chi connectivity index (χ1v) is 8.34. The first kappa shape index (κ1) is 20.4. The normalized spacial score (nSPS) is 10.7. The van der Waals surface area contributed by atoms with Crippen molar-refractivity contribution >= 4 is 47.2 Å². The molecule has 0 atom stereocenters. The molecule has 2 N–H and O–H groups in total. The summed E-state index contributed by atoms with van der Waals surface area (Å²) in [5, 5.41) is 8.57. The van der Waals surface area contributed by atoms with Gasteiger partial charge in [0.15, 0.2) is 5.96 Å². The molecule has 1 aromatic heterocycles. The zero-order valence-corrected chi connectivity index (χ0v) is 16.9. The Hall–Kier alpha value is -1.61. The molecule has 2 aromatic rings. The predicted octanol–water partition coefficient (Wildman–Crippen LogP) is 3.41. The second kappa shape index (κ2) is 11.0. The van der Waals surface area contributed by atoms with Crippen molar-refractivity contribution in [1.82, 2.24) is 10.6 Å². The Morgan fingerprint density at radius 2 is 1.88 bits per heavy atom. The molecule has 24 heavy (non-hydrogen) atoms. The smallest absolute Gasteiger partial charge is 0.338 e. The van der Waals surface area contributed by atoms with E-state index in [0.717, 1.165) is 18.1 Å². The first-order valence-electron chi connectivity index (χ1n) is 7.46. The van der Waals surface area contributed by atoms with Crippen LogP contribution >= 0.6 is 35.3 Å². The molecule has 0 aliphatic rings. The van der Waals surface area contributed by atoms with Gasteiger partial charge in [-0.25, -0.2) is 4.79 Å². The number of esters is 1. The minimum absolute atomic E-state index is 0. The lowest BCUT2D eigenvalue weighted by molar-refractivity contribution is 0.0526. The lowest BCUT2D eigenvalue weighted by Crippen LogP contribution is -2.36. The van der Waals surface area contributed by atoms with Crippen LogP contribution in [0.2, 0.25) is 0 Å². The monoisotopic (exact) mass is 459 g/mol. The highest BCUT2D eigenvalue weighted by molar-refractivity contribution is 14.0. The van der Waals surface area contributed by atoms with Gasteiger partial charge in [0.25, 0.3) is 0 Å². The number of benzene rings is 1. The highest BCUT2D eigenvalue weighted by atomic mass is 127. The molecule has 0 bridgehead atoms. The van der Waals surface area contributed by atoms with Gasteiger partial charge in [0.2, 0.25) is 0 Å². The summed E-state index contributed by atoms with van der Waals surface area (Å²) in [6.07, 6.45) is 0. The van der Waals surface area contributed by atoms with Crippen LogP contribution in [0, 0.1) is 0 Å². The molecule has 0 radical (unpaired) electrons. The van der Waals surface area contributed by atoms with E-state index in [-0.39, 0.29) is 29.9 Å². The third kappa shape index (κ3) is 6.48. The van der Waals surface area contributed by atoms with Gasteiger partial charge in [-0.15, -0.1) is 35.3 Å². The van der Waals surface area contributed by atoms with Crippen LogP contribution in [-0.2, 0) is 17.8 Å². The van der Waals surface area contributed by atoms with Crippen LogP contribution in [0.25, 0.3) is 0 Å². The minimum atomic E-state index is -0.291. The van der Waals surface area contributed by atoms with Gasteiger partial charge in [-0.1, -0.05) is 18.2 Å². The molecule has 7 heteroatoms. The zero-order valence-electron chi connectivity index (χ0n) is 13.7. The Bertz CT molecular complexity index is 642. The van der Waals surface area contributed by atoms with Gasteiger partial charge in [0.05, 0.1) is 18.7 Å². The molecule has 0 aliphatic heterocycles. The molecule has 0 aliphatic carbocycles. The fourth-order valence-electron chi connectivity index (χ4n) is 1.96. The molecule has 0 unspecified atom stereocenters. The van der Waals surface area contributed by atoms with Gasteiger partial charge < -0.3 is 15.4 Å². The maximum atomic E-state index is 11.6. The average molecular weight is 459 g/mol. The van der Waals surface area contributed by atoms with Crippen LogP contribution < -0.4 is 10.6 Å². The summed E-state index contributed by atoms with van der Waals surface area (Å²) in [6.45, 7) is 3.56. The van der Waals surface area contributed by atoms with Crippen LogP contribution in [0.4, 0.5) is 0 Å². The summed E-state index contributed by atoms with van der Waals surface area (Å²) in [5.74, 6) is 0.452. The number of aliphatic imine (C=N–C) groups is 1. The summed E-state index contributed by atoms with van der Waals surface area (Å²) in [5.41, 5.74) is 1.63. The molecular weight excluding hydrogens is 437 g/mol. The predicted molar refractivity (Wildman–Crippen MR) is 109 cm³/mol. The average Bonchev–Trinajstić information content (AvgIpc) is 3.09. The highest BCUT2D eigenvalue weighted by Crippen LogP contribution is 2.08. The molecule has 0 saturated heterocycles. The van der Waals surface area contributed by atoms with E-state index in [4.69, 9.17) is 4.74 Å². The van der Waals surface area contributed by atoms with Gasteiger partial charge in [0, 0.05) is 18.5 Å². The molecular formula is C17H22IN3O2S. The summed E-state index contributed by atoms with van der Waals surface area (Å²) < 4.78 is 4.97. The van der Waals surface area contributed by atoms with Crippen LogP contribution in [-0.4, -0.2) is 25.6 Å². The Morgan fingerprint density at radius 1 is 1.17 bits per heavy atom. The number of guanidine groups is 1. The molecule has 0 spiro atoms. The summed E-state index contributed by atoms with van der Waals surface area (Å²) in [6, 6.07) is 11.5. The number of thiophene rings is 1. The van der Waals surface area contributed by atoms with Crippen LogP contribution in [0.5, 0.6) is 0 Å². The van der Waals surface area contributed by atoms with E-state index in [1.54, 1.807) is 37.4 Å². The Balaban J connectivity index is 0.00000288. The fraction of sp³-hybridized carbons (Fsp3) is 0.294. The lowest BCUT2D eigenvalue weighted by Gasteiger charge is -2.11. The number of rotatable bonds is 6. The van der Waals surface area contributed by atoms with Gasteiger partial charge in [-0.3, -0.25) is 4.99 Å². The summed E-state index contributed by atoms with van der Waals surface area (Å²) in [7, 11) is 1.74. The highest BCUT2D eigenvalue weighted by Gasteiger charge is 2.06. The Labute approximate surface area is 163 Å². The number of carbonyl (C=O) groups is 1. The summed E-state index contributed by atoms with van der Waals surface area (Å²) in [4.78, 5) is 17.1. The van der Waals surface area contributed by atoms with Crippen LogP contribution in [0.3, 0.4) is 0 Å². The van der Waals surface area contributed by atoms with Crippen molar-refractivity contribution in [3.05, 3.63) is 57.8 Å². The largest absolute Gasteiger partial charge is 0.462 e. The van der Waals surface area contributed by atoms with E-state index in [1.165, 1.54) is 4.88 Å². The fourth-order valence-corrected chi connectivity index (χ4v) is 2.61. The van der Waals surface area contributed by atoms with E-state index < -0.39 is 0 Å². The lowest BCUT2D eigenvalue weighted by atomic mass is 10.1. The number of hydrogen-bond acceptors (Lipinski definition) is 4. The third-order valence-corrected chi connectivity index (χ3v) is 4.04. The topological polar surface area (TPSA) is 62.7 Å². The van der Waals surface area contributed by atoms with Gasteiger partial charge in [-0.05, 0) is 36.1 Å². The maximum Gasteiger partial charge on any atom is 0.338 e. The molecule has 0 saturated carbocycles. The van der Waals surface area contributed by atoms with Gasteiger partial charge >= 0.3 is 5.97 Å². The van der Waals surface area contributed by atoms with E-state index >= 15 is 0 Å². The number of nitrogens with one attached hydrogen (secondary N) is 2. The van der Waals surface area contributed by atoms with Crippen molar-refractivity contribution in [2.24, 2.45) is 4.99 Å². The van der Waals surface area contributed by atoms with Gasteiger partial charge in [0.1, 0.15) is 0 Å². The first-order chi connectivity index (χ1) is 11.2. The Kier molecular flexibility index (Phi) is 9.39. The van der Waals surface area contributed by atoms with E-state index in [0.29, 0.717) is 18.7 Å². The number of halogens is 1. The molecule has 0 fully saturated rings. The maximum absolute atomic E-state index is 11.6. The van der Waals surface area contributed by atoms with Crippen LogP contribution in [0.15, 0.2) is 46.8 Å². The van der Waals surface area contributed by atoms with Crippen molar-refractivity contribution in [2.45, 2.75) is 20.0 Å². The van der Waals surface area contributed by atoms with Crippen molar-refractivity contribution in [2.75, 3.05) is 13.7 Å². The van der Waals surface area contributed by atoms with Gasteiger partial charge in [-0.2, -0.15) is 0 Å². The number of carbonyl (C=O) groups excluding carboxylic acids is 1. The second-order valence-corrected chi connectivity index (χ2v) is 5.81. The second-order valence-electron chi connectivity index (χ2n) is 4.78. The standard InChI is InChI=1S/C17H21N3O2S.HI/c1-3-22-16(21)14-8-6-13(7-9-14)11-19-17(18-2)20-12-15-5-4-10-23-15;/h4-10H,3,11-12H2,1-2H3,(H2,18,19,20);1H. The number of hydrogen-bond donors (Lipinski definition) is 2. The molecule has 1 aromatic carbocycles. The Morgan fingerprint density at radius 3 is 2.46 bits per heavy atom. The molecule has 130 valence electrons. The van der Waals surface area contributed by atoms with E-state index in [9.17, 15) is 4.79 Å². The third-order valence-electron chi connectivity index (χ3n) is 3.16. The van der Waals surface area contributed by atoms with E-state index in [1.807, 2.05) is 18.2 Å². The van der Waals surface area contributed by atoms with Crippen molar-refractivity contribution in [3.63, 3.8) is 0 Å².